The average Bonchev–Trinajstić information content (AvgIpc) is 2.91. The van der Waals surface area contributed by atoms with Gasteiger partial charge in [-0.2, -0.15) is 0 Å². The first-order chi connectivity index (χ1) is 17.6. The number of nitrogens with two attached hydrogens (primary N) is 2. The first kappa shape index (κ1) is 23.2. The van der Waals surface area contributed by atoms with E-state index in [4.69, 9.17) is 11.5 Å². The predicted molar refractivity (Wildman–Crippen MR) is 136 cm³/mol. The lowest BCUT2D eigenvalue weighted by molar-refractivity contribution is 0.0996. The van der Waals surface area contributed by atoms with Crippen LogP contribution in [-0.2, 0) is 0 Å². The summed E-state index contributed by atoms with van der Waals surface area (Å²) >= 11 is 0. The third-order valence-electron chi connectivity index (χ3n) is 6.00. The number of rotatable bonds is 7. The van der Waals surface area contributed by atoms with Crippen LogP contribution in [-0.4, -0.2) is 47.9 Å². The molecule has 11 heteroatoms. The molecule has 2 unspecified atom stereocenters. The summed E-state index contributed by atoms with van der Waals surface area (Å²) in [6.07, 6.45) is 12.3. The van der Waals surface area contributed by atoms with E-state index in [9.17, 15) is 4.79 Å². The van der Waals surface area contributed by atoms with Crippen molar-refractivity contribution in [2.75, 3.05) is 10.6 Å². The van der Waals surface area contributed by atoms with Crippen LogP contribution in [0.3, 0.4) is 0 Å². The van der Waals surface area contributed by atoms with Crippen molar-refractivity contribution < 1.29 is 4.79 Å². The molecule has 3 heterocycles. The van der Waals surface area contributed by atoms with Crippen LogP contribution in [0.15, 0.2) is 61.3 Å². The molecule has 1 aliphatic carbocycles. The molecule has 6 N–H and O–H groups in total. The number of aromatic nitrogens is 6. The zero-order chi connectivity index (χ0) is 24.9. The third-order valence-corrected chi connectivity index (χ3v) is 6.00. The maximum Gasteiger partial charge on any atom is 0.271 e. The van der Waals surface area contributed by atoms with E-state index in [2.05, 4.69) is 40.5 Å². The summed E-state index contributed by atoms with van der Waals surface area (Å²) in [4.78, 5) is 38.5. The van der Waals surface area contributed by atoms with E-state index < -0.39 is 5.91 Å². The maximum atomic E-state index is 12.1. The Labute approximate surface area is 207 Å². The van der Waals surface area contributed by atoms with Gasteiger partial charge in [0.25, 0.3) is 5.91 Å². The van der Waals surface area contributed by atoms with E-state index in [1.54, 1.807) is 36.9 Å². The van der Waals surface area contributed by atoms with Gasteiger partial charge in [-0.15, -0.1) is 0 Å². The molecule has 1 fully saturated rings. The molecule has 0 saturated heterocycles. The van der Waals surface area contributed by atoms with Crippen molar-refractivity contribution in [2.24, 2.45) is 11.5 Å². The van der Waals surface area contributed by atoms with Crippen molar-refractivity contribution >= 4 is 23.2 Å². The number of nitrogens with one attached hydrogen (secondary N) is 2. The normalized spacial score (nSPS) is 17.4. The largest absolute Gasteiger partial charge is 0.364 e. The second kappa shape index (κ2) is 10.4. The van der Waals surface area contributed by atoms with Crippen LogP contribution in [0.2, 0.25) is 0 Å². The fourth-order valence-electron chi connectivity index (χ4n) is 4.25. The van der Waals surface area contributed by atoms with Gasteiger partial charge in [0.1, 0.15) is 5.82 Å². The zero-order valence-corrected chi connectivity index (χ0v) is 19.5. The van der Waals surface area contributed by atoms with Gasteiger partial charge in [-0.1, -0.05) is 12.8 Å². The first-order valence-electron chi connectivity index (χ1n) is 11.7. The summed E-state index contributed by atoms with van der Waals surface area (Å²) in [6, 6.07) is 9.22. The summed E-state index contributed by atoms with van der Waals surface area (Å²) in [5, 5.41) is 6.57. The minimum absolute atomic E-state index is 0.0207. The minimum atomic E-state index is -0.694. The zero-order valence-electron chi connectivity index (χ0n) is 19.5. The molecule has 4 aromatic rings. The van der Waals surface area contributed by atoms with Crippen molar-refractivity contribution in [2.45, 2.75) is 37.8 Å². The molecular formula is C25H26N10O. The molecule has 1 amide bonds. The topological polar surface area (TPSA) is 171 Å². The summed E-state index contributed by atoms with van der Waals surface area (Å²) in [7, 11) is 0. The highest BCUT2D eigenvalue weighted by atomic mass is 16.1. The molecule has 5 rings (SSSR count). The van der Waals surface area contributed by atoms with Crippen molar-refractivity contribution in [3.63, 3.8) is 0 Å². The smallest absolute Gasteiger partial charge is 0.271 e. The first-order valence-corrected chi connectivity index (χ1v) is 11.7. The molecule has 11 nitrogen and oxygen atoms in total. The minimum Gasteiger partial charge on any atom is -0.364 e. The van der Waals surface area contributed by atoms with Crippen molar-refractivity contribution in [1.82, 2.24) is 29.9 Å². The highest BCUT2D eigenvalue weighted by Crippen LogP contribution is 2.30. The number of carbonyl (C=O) groups is 1. The standard InChI is InChI=1S/C25H26N10O/c26-18-5-1-2-6-19(18)34-20-14-32-21(22(27)36)25(35-20)33-17-12-15(23-28-7-3-8-29-23)11-16(13-17)24-30-9-4-10-31-24/h3-4,7-14,18-19H,1-2,5-6,26H2,(H2,27,36)(H2,33,34,35). The second-order valence-electron chi connectivity index (χ2n) is 8.58. The molecule has 0 spiro atoms. The molecule has 0 aliphatic heterocycles. The lowest BCUT2D eigenvalue weighted by atomic mass is 9.91. The number of primary amides is 1. The van der Waals surface area contributed by atoms with E-state index in [1.165, 1.54) is 6.20 Å². The van der Waals surface area contributed by atoms with Crippen molar-refractivity contribution in [3.05, 3.63) is 67.0 Å². The summed E-state index contributed by atoms with van der Waals surface area (Å²) < 4.78 is 0. The van der Waals surface area contributed by atoms with Gasteiger partial charge in [0, 0.05) is 53.7 Å². The molecule has 3 aromatic heterocycles. The van der Waals surface area contributed by atoms with Gasteiger partial charge in [-0.25, -0.2) is 29.9 Å². The van der Waals surface area contributed by atoms with Crippen molar-refractivity contribution in [3.8, 4) is 22.8 Å². The fourth-order valence-corrected chi connectivity index (χ4v) is 4.25. The molecule has 1 saturated carbocycles. The van der Waals surface area contributed by atoms with E-state index in [0.717, 1.165) is 36.8 Å². The summed E-state index contributed by atoms with van der Waals surface area (Å²) in [6.45, 7) is 0. The van der Waals surface area contributed by atoms with Gasteiger partial charge >= 0.3 is 0 Å². The quantitative estimate of drug-likeness (QED) is 0.307. The number of nitrogens with zero attached hydrogens (tertiary/aromatic N) is 6. The molecule has 0 radical (unpaired) electrons. The number of amides is 1. The number of carbonyl (C=O) groups excluding carboxylic acids is 1. The van der Waals surface area contributed by atoms with Crippen LogP contribution >= 0.6 is 0 Å². The van der Waals surface area contributed by atoms with Gasteiger partial charge in [-0.3, -0.25) is 4.79 Å². The molecule has 2 atom stereocenters. The molecule has 182 valence electrons. The maximum absolute atomic E-state index is 12.1. The number of hydrogen-bond acceptors (Lipinski definition) is 10. The Bertz CT molecular complexity index is 1290. The predicted octanol–water partition coefficient (Wildman–Crippen LogP) is 2.91. The van der Waals surface area contributed by atoms with Crippen molar-refractivity contribution in [1.29, 1.82) is 0 Å². The Kier molecular flexibility index (Phi) is 6.72. The molecule has 0 bridgehead atoms. The van der Waals surface area contributed by atoms with Crippen LogP contribution in [0.25, 0.3) is 22.8 Å². The van der Waals surface area contributed by atoms with E-state index >= 15 is 0 Å². The highest BCUT2D eigenvalue weighted by molar-refractivity contribution is 5.96. The molecule has 1 aromatic carbocycles. The lowest BCUT2D eigenvalue weighted by Gasteiger charge is -2.29. The molecule has 36 heavy (non-hydrogen) atoms. The average molecular weight is 483 g/mol. The number of hydrogen-bond donors (Lipinski definition) is 4. The van der Waals surface area contributed by atoms with Gasteiger partial charge in [0.2, 0.25) is 0 Å². The SMILES string of the molecule is NC(=O)c1ncc(NC2CCCCC2N)nc1Nc1cc(-c2ncccn2)cc(-c2ncccn2)c1. The summed E-state index contributed by atoms with van der Waals surface area (Å²) in [5.74, 6) is 1.10. The van der Waals surface area contributed by atoms with Crippen LogP contribution in [0.4, 0.5) is 17.3 Å². The van der Waals surface area contributed by atoms with Gasteiger partial charge in [-0.05, 0) is 43.2 Å². The lowest BCUT2D eigenvalue weighted by Crippen LogP contribution is -2.42. The number of benzene rings is 1. The number of anilines is 3. The van der Waals surface area contributed by atoms with Crippen LogP contribution in [0.1, 0.15) is 36.2 Å². The van der Waals surface area contributed by atoms with Gasteiger partial charge in [0.05, 0.1) is 6.20 Å². The second-order valence-corrected chi connectivity index (χ2v) is 8.58. The Morgan fingerprint density at radius 3 is 2.06 bits per heavy atom. The van der Waals surface area contributed by atoms with Crippen LogP contribution < -0.4 is 22.1 Å². The Morgan fingerprint density at radius 2 is 1.47 bits per heavy atom. The van der Waals surface area contributed by atoms with E-state index in [-0.39, 0.29) is 23.6 Å². The van der Waals surface area contributed by atoms with E-state index in [1.807, 2.05) is 18.2 Å². The molecule has 1 aliphatic rings. The molecular weight excluding hydrogens is 456 g/mol. The van der Waals surface area contributed by atoms with Crippen LogP contribution in [0, 0.1) is 0 Å². The van der Waals surface area contributed by atoms with Gasteiger partial charge in [0.15, 0.2) is 23.2 Å². The Balaban J connectivity index is 1.52. The van der Waals surface area contributed by atoms with E-state index in [0.29, 0.717) is 23.2 Å². The highest BCUT2D eigenvalue weighted by Gasteiger charge is 2.23. The fraction of sp³-hybridized carbons (Fsp3) is 0.240. The van der Waals surface area contributed by atoms with Crippen LogP contribution in [0.5, 0.6) is 0 Å². The Morgan fingerprint density at radius 1 is 0.861 bits per heavy atom. The third kappa shape index (κ3) is 5.26. The monoisotopic (exact) mass is 482 g/mol. The van der Waals surface area contributed by atoms with Gasteiger partial charge < -0.3 is 22.1 Å². The summed E-state index contributed by atoms with van der Waals surface area (Å²) in [5.41, 5.74) is 14.0. The Hall–Kier alpha value is -4.51.